The normalized spacial score (nSPS) is 10.8. The van der Waals surface area contributed by atoms with Crippen molar-refractivity contribution in [3.05, 3.63) is 66.1 Å². The topological polar surface area (TPSA) is 95.0 Å². The molecule has 4 aromatic rings. The Balaban J connectivity index is 1.40. The third-order valence-electron chi connectivity index (χ3n) is 4.38. The number of fused-ring (bicyclic) bond motifs is 1. The lowest BCUT2D eigenvalue weighted by molar-refractivity contribution is 0.257. The molecule has 8 heteroatoms. The van der Waals surface area contributed by atoms with E-state index in [0.717, 1.165) is 41.0 Å². The third-order valence-corrected chi connectivity index (χ3v) is 4.38. The molecule has 0 amide bonds. The van der Waals surface area contributed by atoms with E-state index in [-0.39, 0.29) is 0 Å². The molecule has 0 spiro atoms. The standard InChI is InChI=1S/C21H21N5O3/c1-27-20-13-15(22-17-8-3-2-7-16(17)20)14-29-19-10-5-4-9-18(19)28-12-6-11-21-23-25-26-24-21/h2-5,7-10,13H,6,11-12,14H2,1H3,(H,23,24,25,26). The van der Waals surface area contributed by atoms with E-state index in [0.29, 0.717) is 24.7 Å². The number of ether oxygens (including phenoxy) is 3. The van der Waals surface area contributed by atoms with E-state index in [1.54, 1.807) is 7.11 Å². The van der Waals surface area contributed by atoms with Gasteiger partial charge in [-0.15, -0.1) is 5.10 Å². The van der Waals surface area contributed by atoms with Crippen LogP contribution in [0.3, 0.4) is 0 Å². The first kappa shape index (κ1) is 18.7. The molecule has 0 bridgehead atoms. The summed E-state index contributed by atoms with van der Waals surface area (Å²) in [6.45, 7) is 0.842. The zero-order valence-electron chi connectivity index (χ0n) is 16.0. The van der Waals surface area contributed by atoms with Gasteiger partial charge in [0.1, 0.15) is 18.2 Å². The summed E-state index contributed by atoms with van der Waals surface area (Å²) >= 11 is 0. The molecule has 0 aliphatic carbocycles. The third kappa shape index (κ3) is 4.60. The number of aromatic amines is 1. The lowest BCUT2D eigenvalue weighted by atomic mass is 10.2. The number of rotatable bonds is 9. The Hall–Kier alpha value is -3.68. The largest absolute Gasteiger partial charge is 0.496 e. The molecule has 0 aliphatic rings. The number of methoxy groups -OCH3 is 1. The predicted octanol–water partition coefficient (Wildman–Crippen LogP) is 3.35. The summed E-state index contributed by atoms with van der Waals surface area (Å²) in [5.74, 6) is 2.88. The molecule has 2 aromatic carbocycles. The van der Waals surface area contributed by atoms with Gasteiger partial charge in [-0.1, -0.05) is 24.3 Å². The van der Waals surface area contributed by atoms with Crippen LogP contribution in [0.1, 0.15) is 17.9 Å². The van der Waals surface area contributed by atoms with Crippen LogP contribution < -0.4 is 14.2 Å². The van der Waals surface area contributed by atoms with E-state index in [1.165, 1.54) is 0 Å². The number of tetrazole rings is 1. The molecule has 0 saturated carbocycles. The lowest BCUT2D eigenvalue weighted by Gasteiger charge is -2.13. The Morgan fingerprint density at radius 3 is 2.52 bits per heavy atom. The Kier molecular flexibility index (Phi) is 5.80. The number of hydrogen-bond donors (Lipinski definition) is 1. The summed E-state index contributed by atoms with van der Waals surface area (Å²) < 4.78 is 17.4. The van der Waals surface area contributed by atoms with Gasteiger partial charge in [0, 0.05) is 17.9 Å². The van der Waals surface area contributed by atoms with Gasteiger partial charge in [-0.3, -0.25) is 0 Å². The van der Waals surface area contributed by atoms with Crippen LogP contribution >= 0.6 is 0 Å². The fourth-order valence-corrected chi connectivity index (χ4v) is 2.99. The summed E-state index contributed by atoms with van der Waals surface area (Å²) in [6, 6.07) is 17.4. The number of benzene rings is 2. The number of hydrogen-bond acceptors (Lipinski definition) is 7. The van der Waals surface area contributed by atoms with Crippen molar-refractivity contribution < 1.29 is 14.2 Å². The first-order chi connectivity index (χ1) is 14.3. The molecule has 148 valence electrons. The quantitative estimate of drug-likeness (QED) is 0.437. The molecule has 0 saturated heterocycles. The second-order valence-electron chi connectivity index (χ2n) is 6.37. The molecule has 1 N–H and O–H groups in total. The van der Waals surface area contributed by atoms with Crippen molar-refractivity contribution in [1.82, 2.24) is 25.6 Å². The van der Waals surface area contributed by atoms with Gasteiger partial charge >= 0.3 is 0 Å². The van der Waals surface area contributed by atoms with Crippen LogP contribution in [-0.2, 0) is 13.0 Å². The number of nitrogens with one attached hydrogen (secondary N) is 1. The Morgan fingerprint density at radius 1 is 0.931 bits per heavy atom. The number of H-pyrrole nitrogens is 1. The molecular formula is C21H21N5O3. The Labute approximate surface area is 167 Å². The van der Waals surface area contributed by atoms with Crippen molar-refractivity contribution in [2.45, 2.75) is 19.4 Å². The number of pyridine rings is 1. The summed E-state index contributed by atoms with van der Waals surface area (Å²) in [5.41, 5.74) is 1.66. The van der Waals surface area contributed by atoms with Gasteiger partial charge in [0.2, 0.25) is 0 Å². The smallest absolute Gasteiger partial charge is 0.161 e. The van der Waals surface area contributed by atoms with Gasteiger partial charge in [-0.05, 0) is 41.1 Å². The maximum atomic E-state index is 5.99. The molecule has 0 aliphatic heterocycles. The SMILES string of the molecule is COc1cc(COc2ccccc2OCCCc2nnn[nH]2)nc2ccccc12. The van der Waals surface area contributed by atoms with Gasteiger partial charge in [-0.2, -0.15) is 0 Å². The molecule has 8 nitrogen and oxygen atoms in total. The number of aromatic nitrogens is 5. The Morgan fingerprint density at radius 2 is 1.72 bits per heavy atom. The van der Waals surface area contributed by atoms with Crippen molar-refractivity contribution in [2.75, 3.05) is 13.7 Å². The first-order valence-corrected chi connectivity index (χ1v) is 9.33. The van der Waals surface area contributed by atoms with Crippen molar-refractivity contribution in [3.63, 3.8) is 0 Å². The molecule has 2 heterocycles. The average Bonchev–Trinajstić information content (AvgIpc) is 3.29. The van der Waals surface area contributed by atoms with E-state index in [2.05, 4.69) is 25.6 Å². The highest BCUT2D eigenvalue weighted by atomic mass is 16.5. The van der Waals surface area contributed by atoms with E-state index in [4.69, 9.17) is 14.2 Å². The van der Waals surface area contributed by atoms with Gasteiger partial charge in [0.05, 0.1) is 24.9 Å². The van der Waals surface area contributed by atoms with E-state index >= 15 is 0 Å². The number of aryl methyl sites for hydroxylation is 1. The zero-order chi connectivity index (χ0) is 19.9. The molecule has 0 fully saturated rings. The summed E-state index contributed by atoms with van der Waals surface area (Å²) in [5, 5.41) is 14.7. The fourth-order valence-electron chi connectivity index (χ4n) is 2.99. The van der Waals surface area contributed by atoms with Gasteiger partial charge in [-0.25, -0.2) is 10.1 Å². The summed E-state index contributed by atoms with van der Waals surface area (Å²) in [6.07, 6.45) is 1.51. The highest BCUT2D eigenvalue weighted by Gasteiger charge is 2.09. The van der Waals surface area contributed by atoms with Crippen LogP contribution in [0.15, 0.2) is 54.6 Å². The van der Waals surface area contributed by atoms with Crippen LogP contribution in [0.4, 0.5) is 0 Å². The highest BCUT2D eigenvalue weighted by Crippen LogP contribution is 2.29. The highest BCUT2D eigenvalue weighted by molar-refractivity contribution is 5.85. The Bertz CT molecular complexity index is 1070. The monoisotopic (exact) mass is 391 g/mol. The summed E-state index contributed by atoms with van der Waals surface area (Å²) in [7, 11) is 1.66. The molecule has 0 radical (unpaired) electrons. The van der Waals surface area contributed by atoms with E-state index < -0.39 is 0 Å². The van der Waals surface area contributed by atoms with Crippen LogP contribution in [0, 0.1) is 0 Å². The van der Waals surface area contributed by atoms with Crippen LogP contribution in [-0.4, -0.2) is 39.3 Å². The van der Waals surface area contributed by atoms with Crippen molar-refractivity contribution >= 4 is 10.9 Å². The minimum Gasteiger partial charge on any atom is -0.496 e. The fraction of sp³-hybridized carbons (Fsp3) is 0.238. The molecule has 0 unspecified atom stereocenters. The van der Waals surface area contributed by atoms with E-state index in [9.17, 15) is 0 Å². The maximum absolute atomic E-state index is 5.99. The van der Waals surface area contributed by atoms with Crippen molar-refractivity contribution in [3.8, 4) is 17.2 Å². The van der Waals surface area contributed by atoms with Gasteiger partial charge in [0.25, 0.3) is 0 Å². The minimum atomic E-state index is 0.311. The predicted molar refractivity (Wildman–Crippen MR) is 107 cm³/mol. The van der Waals surface area contributed by atoms with Crippen molar-refractivity contribution in [2.24, 2.45) is 0 Å². The van der Waals surface area contributed by atoms with E-state index in [1.807, 2.05) is 54.6 Å². The van der Waals surface area contributed by atoms with Gasteiger partial charge in [0.15, 0.2) is 11.5 Å². The molecule has 0 atom stereocenters. The number of para-hydroxylation sites is 3. The van der Waals surface area contributed by atoms with Crippen LogP contribution in [0.5, 0.6) is 17.2 Å². The lowest BCUT2D eigenvalue weighted by Crippen LogP contribution is -2.04. The molecular weight excluding hydrogens is 370 g/mol. The zero-order valence-corrected chi connectivity index (χ0v) is 16.0. The first-order valence-electron chi connectivity index (χ1n) is 9.33. The second-order valence-corrected chi connectivity index (χ2v) is 6.37. The number of nitrogens with zero attached hydrogens (tertiary/aromatic N) is 4. The van der Waals surface area contributed by atoms with Crippen LogP contribution in [0.25, 0.3) is 10.9 Å². The molecule has 4 rings (SSSR count). The van der Waals surface area contributed by atoms with Crippen molar-refractivity contribution in [1.29, 1.82) is 0 Å². The second kappa shape index (κ2) is 9.01. The maximum Gasteiger partial charge on any atom is 0.161 e. The molecule has 2 aromatic heterocycles. The molecule has 29 heavy (non-hydrogen) atoms. The minimum absolute atomic E-state index is 0.311. The summed E-state index contributed by atoms with van der Waals surface area (Å²) in [4.78, 5) is 4.66. The van der Waals surface area contributed by atoms with Gasteiger partial charge < -0.3 is 14.2 Å². The average molecular weight is 391 g/mol. The van der Waals surface area contributed by atoms with Crippen LogP contribution in [0.2, 0.25) is 0 Å².